The third-order valence-corrected chi connectivity index (χ3v) is 5.35. The molecule has 0 spiro atoms. The Bertz CT molecular complexity index is 1460. The number of esters is 1. The molecule has 0 aliphatic carbocycles. The monoisotopic (exact) mass is 478 g/mol. The lowest BCUT2D eigenvalue weighted by molar-refractivity contribution is 0.0595. The summed E-state index contributed by atoms with van der Waals surface area (Å²) in [7, 11) is 4.10. The van der Waals surface area contributed by atoms with Gasteiger partial charge in [0.1, 0.15) is 11.6 Å². The number of carbonyl (C=O) groups is 2. The maximum Gasteiger partial charge on any atom is 0.340 e. The molecule has 0 saturated heterocycles. The highest BCUT2D eigenvalue weighted by atomic mass is 19.1. The summed E-state index contributed by atoms with van der Waals surface area (Å²) in [5.74, 6) is -2.80. The first-order valence-electron chi connectivity index (χ1n) is 10.4. The summed E-state index contributed by atoms with van der Waals surface area (Å²) in [5.41, 5.74) is 0.969. The molecule has 0 aliphatic heterocycles. The van der Waals surface area contributed by atoms with Crippen LogP contribution in [0.4, 0.5) is 14.5 Å². The van der Waals surface area contributed by atoms with E-state index in [0.29, 0.717) is 39.7 Å². The molecule has 9 heteroatoms. The molecule has 0 aliphatic rings. The maximum absolute atomic E-state index is 14.4. The van der Waals surface area contributed by atoms with Gasteiger partial charge in [-0.1, -0.05) is 18.2 Å². The number of fused-ring (bicyclic) bond motifs is 1. The summed E-state index contributed by atoms with van der Waals surface area (Å²) >= 11 is 0. The van der Waals surface area contributed by atoms with Crippen molar-refractivity contribution in [1.29, 1.82) is 0 Å². The Morgan fingerprint density at radius 1 is 0.829 bits per heavy atom. The van der Waals surface area contributed by atoms with Crippen LogP contribution in [0.15, 0.2) is 60.7 Å². The predicted molar refractivity (Wildman–Crippen MR) is 126 cm³/mol. The van der Waals surface area contributed by atoms with E-state index < -0.39 is 29.1 Å². The van der Waals surface area contributed by atoms with E-state index in [4.69, 9.17) is 9.47 Å². The fourth-order valence-corrected chi connectivity index (χ4v) is 3.61. The van der Waals surface area contributed by atoms with Gasteiger partial charge in [0.05, 0.1) is 49.4 Å². The average molecular weight is 478 g/mol. The van der Waals surface area contributed by atoms with E-state index in [1.165, 1.54) is 14.2 Å². The van der Waals surface area contributed by atoms with Crippen molar-refractivity contribution in [1.82, 2.24) is 4.98 Å². The summed E-state index contributed by atoms with van der Waals surface area (Å²) in [5, 5.41) is 2.94. The van der Waals surface area contributed by atoms with E-state index in [9.17, 15) is 18.4 Å². The van der Waals surface area contributed by atoms with Gasteiger partial charge in [-0.2, -0.15) is 0 Å². The van der Waals surface area contributed by atoms with E-state index in [0.717, 1.165) is 13.2 Å². The maximum atomic E-state index is 14.4. The van der Waals surface area contributed by atoms with Gasteiger partial charge in [0.2, 0.25) is 0 Å². The molecule has 0 bridgehead atoms. The van der Waals surface area contributed by atoms with E-state index in [1.807, 2.05) is 0 Å². The number of benzene rings is 3. The topological polar surface area (TPSA) is 86.8 Å². The minimum Gasteiger partial charge on any atom is -0.493 e. The Balaban J connectivity index is 1.80. The number of ether oxygens (including phenoxy) is 3. The minimum atomic E-state index is -1.10. The van der Waals surface area contributed by atoms with Crippen molar-refractivity contribution in [3.63, 3.8) is 0 Å². The van der Waals surface area contributed by atoms with Crippen molar-refractivity contribution in [3.8, 4) is 22.8 Å². The number of carbonyl (C=O) groups excluding carboxylic acids is 2. The van der Waals surface area contributed by atoms with Crippen molar-refractivity contribution in [2.24, 2.45) is 0 Å². The van der Waals surface area contributed by atoms with Crippen LogP contribution >= 0.6 is 0 Å². The van der Waals surface area contributed by atoms with Crippen LogP contribution in [0.5, 0.6) is 11.5 Å². The number of nitrogens with one attached hydrogen (secondary N) is 1. The van der Waals surface area contributed by atoms with Gasteiger partial charge < -0.3 is 19.5 Å². The zero-order valence-corrected chi connectivity index (χ0v) is 19.0. The molecule has 0 radical (unpaired) electrons. The van der Waals surface area contributed by atoms with Crippen molar-refractivity contribution >= 4 is 28.5 Å². The molecule has 1 aromatic heterocycles. The van der Waals surface area contributed by atoms with Crippen LogP contribution in [0, 0.1) is 11.6 Å². The lowest BCUT2D eigenvalue weighted by atomic mass is 10.0. The first-order chi connectivity index (χ1) is 16.9. The number of hydrogen-bond donors (Lipinski definition) is 1. The van der Waals surface area contributed by atoms with Crippen molar-refractivity contribution in [3.05, 3.63) is 83.4 Å². The molecule has 3 aromatic carbocycles. The minimum absolute atomic E-state index is 0.198. The van der Waals surface area contributed by atoms with Crippen LogP contribution in [-0.2, 0) is 4.74 Å². The Morgan fingerprint density at radius 3 is 2.29 bits per heavy atom. The van der Waals surface area contributed by atoms with Gasteiger partial charge >= 0.3 is 5.97 Å². The molecule has 35 heavy (non-hydrogen) atoms. The number of nitrogens with zero attached hydrogens (tertiary/aromatic N) is 1. The highest BCUT2D eigenvalue weighted by molar-refractivity contribution is 6.13. The molecular formula is C26H20F2N2O5. The Morgan fingerprint density at radius 2 is 1.57 bits per heavy atom. The second-order valence-electron chi connectivity index (χ2n) is 7.40. The molecule has 1 heterocycles. The van der Waals surface area contributed by atoms with Gasteiger partial charge in [-0.3, -0.25) is 4.79 Å². The molecule has 4 aromatic rings. The van der Waals surface area contributed by atoms with Crippen LogP contribution in [0.3, 0.4) is 0 Å². The number of methoxy groups -OCH3 is 3. The van der Waals surface area contributed by atoms with Gasteiger partial charge in [-0.25, -0.2) is 18.6 Å². The van der Waals surface area contributed by atoms with Crippen LogP contribution in [0.2, 0.25) is 0 Å². The summed E-state index contributed by atoms with van der Waals surface area (Å²) < 4.78 is 43.6. The van der Waals surface area contributed by atoms with Gasteiger partial charge in [0, 0.05) is 17.0 Å². The quantitative estimate of drug-likeness (QED) is 0.382. The number of amides is 1. The Hall–Kier alpha value is -4.53. The summed E-state index contributed by atoms with van der Waals surface area (Å²) in [6.07, 6.45) is 0. The van der Waals surface area contributed by atoms with Gasteiger partial charge in [0.15, 0.2) is 11.5 Å². The van der Waals surface area contributed by atoms with E-state index in [1.54, 1.807) is 48.5 Å². The van der Waals surface area contributed by atoms with Crippen LogP contribution < -0.4 is 14.8 Å². The fraction of sp³-hybridized carbons (Fsp3) is 0.115. The van der Waals surface area contributed by atoms with Crippen molar-refractivity contribution in [2.75, 3.05) is 26.6 Å². The van der Waals surface area contributed by atoms with Gasteiger partial charge in [0.25, 0.3) is 5.91 Å². The first kappa shape index (κ1) is 23.6. The number of halogens is 2. The molecule has 7 nitrogen and oxygen atoms in total. The zero-order chi connectivity index (χ0) is 25.1. The standard InChI is InChI=1S/C26H20F2N2O5/c1-33-23-9-8-14(10-24(23)34-2)21-11-16(15-6-4-5-7-20(15)29-21)25(31)30-22-12-17(26(32)35-3)18(27)13-19(22)28/h4-13H,1-3H3,(H,30,31). The number of rotatable bonds is 6. The lowest BCUT2D eigenvalue weighted by Gasteiger charge is -2.13. The summed E-state index contributed by atoms with van der Waals surface area (Å²) in [4.78, 5) is 29.7. The molecule has 1 N–H and O–H groups in total. The first-order valence-corrected chi connectivity index (χ1v) is 10.4. The SMILES string of the molecule is COC(=O)c1cc(NC(=O)c2cc(-c3ccc(OC)c(OC)c3)nc3ccccc23)c(F)cc1F. The molecule has 0 fully saturated rings. The van der Waals surface area contributed by atoms with Crippen molar-refractivity contribution in [2.45, 2.75) is 0 Å². The number of pyridine rings is 1. The lowest BCUT2D eigenvalue weighted by Crippen LogP contribution is -2.15. The third-order valence-electron chi connectivity index (χ3n) is 5.35. The smallest absolute Gasteiger partial charge is 0.340 e. The highest BCUT2D eigenvalue weighted by Gasteiger charge is 2.20. The third kappa shape index (κ3) is 4.61. The molecule has 0 saturated carbocycles. The van der Waals surface area contributed by atoms with E-state index in [-0.39, 0.29) is 11.3 Å². The molecule has 4 rings (SSSR count). The Kier molecular flexibility index (Phi) is 6.59. The summed E-state index contributed by atoms with van der Waals surface area (Å²) in [6.45, 7) is 0. The number of anilines is 1. The molecular weight excluding hydrogens is 458 g/mol. The van der Waals surface area contributed by atoms with Crippen LogP contribution in [-0.4, -0.2) is 38.2 Å². The second-order valence-corrected chi connectivity index (χ2v) is 7.40. The van der Waals surface area contributed by atoms with Gasteiger partial charge in [-0.05, 0) is 36.4 Å². The molecule has 0 unspecified atom stereocenters. The molecule has 1 amide bonds. The second kappa shape index (κ2) is 9.76. The van der Waals surface area contributed by atoms with Gasteiger partial charge in [-0.15, -0.1) is 0 Å². The highest BCUT2D eigenvalue weighted by Crippen LogP contribution is 2.33. The zero-order valence-electron chi connectivity index (χ0n) is 19.0. The van der Waals surface area contributed by atoms with E-state index >= 15 is 0 Å². The summed E-state index contributed by atoms with van der Waals surface area (Å²) in [6, 6.07) is 15.1. The largest absolute Gasteiger partial charge is 0.493 e. The van der Waals surface area contributed by atoms with E-state index in [2.05, 4.69) is 15.0 Å². The molecule has 178 valence electrons. The Labute approximate surface area is 199 Å². The predicted octanol–water partition coefficient (Wildman–Crippen LogP) is 5.24. The van der Waals surface area contributed by atoms with Crippen molar-refractivity contribution < 1.29 is 32.6 Å². The average Bonchev–Trinajstić information content (AvgIpc) is 2.88. The normalized spacial score (nSPS) is 10.7. The number of aromatic nitrogens is 1. The molecule has 0 atom stereocenters. The number of hydrogen-bond acceptors (Lipinski definition) is 6. The number of para-hydroxylation sites is 1. The van der Waals surface area contributed by atoms with Crippen LogP contribution in [0.25, 0.3) is 22.2 Å². The van der Waals surface area contributed by atoms with Crippen LogP contribution in [0.1, 0.15) is 20.7 Å². The fourth-order valence-electron chi connectivity index (χ4n) is 3.61.